The normalized spacial score (nSPS) is 23.3. The van der Waals surface area contributed by atoms with Gasteiger partial charge >= 0.3 is 5.97 Å². The number of ketones is 1. The summed E-state index contributed by atoms with van der Waals surface area (Å²) in [6.07, 6.45) is 1.56. The van der Waals surface area contributed by atoms with Gasteiger partial charge in [-0.1, -0.05) is 0 Å². The van der Waals surface area contributed by atoms with Crippen LogP contribution in [0.25, 0.3) is 0 Å². The summed E-state index contributed by atoms with van der Waals surface area (Å²) in [4.78, 5) is 22.3. The topological polar surface area (TPSA) is 43.4 Å². The van der Waals surface area contributed by atoms with Crippen LogP contribution in [0.5, 0.6) is 0 Å². The molecular weight excluding hydrogens is 168 g/mol. The zero-order valence-electron chi connectivity index (χ0n) is 8.42. The van der Waals surface area contributed by atoms with Gasteiger partial charge in [0.25, 0.3) is 0 Å². The predicted octanol–water partition coefficient (Wildman–Crippen LogP) is 1.70. The summed E-state index contributed by atoms with van der Waals surface area (Å²) < 4.78 is 5.18. The predicted molar refractivity (Wildman–Crippen MR) is 48.2 cm³/mol. The van der Waals surface area contributed by atoms with Crippen LogP contribution in [0.3, 0.4) is 0 Å². The van der Waals surface area contributed by atoms with Gasteiger partial charge in [0.05, 0.1) is 5.92 Å². The van der Waals surface area contributed by atoms with Gasteiger partial charge in [0.1, 0.15) is 11.4 Å². The van der Waals surface area contributed by atoms with Crippen LogP contribution in [0.15, 0.2) is 0 Å². The molecule has 1 saturated carbocycles. The fourth-order valence-corrected chi connectivity index (χ4v) is 1.40. The van der Waals surface area contributed by atoms with Gasteiger partial charge in [-0.25, -0.2) is 0 Å². The summed E-state index contributed by atoms with van der Waals surface area (Å²) in [7, 11) is 0. The number of Topliss-reactive ketones (excluding diaryl/α,β-unsaturated/α-hetero) is 1. The number of carbonyl (C=O) groups excluding carboxylic acids is 2. The standard InChI is InChI=1S/C10H16O3/c1-10(2,3)13-9(12)7-4-5-8(11)6-7/h7H,4-6H2,1-3H3/t7-/m1/s1. The van der Waals surface area contributed by atoms with E-state index < -0.39 is 5.60 Å². The van der Waals surface area contributed by atoms with Crippen molar-refractivity contribution in [1.82, 2.24) is 0 Å². The number of hydrogen-bond acceptors (Lipinski definition) is 3. The Bertz CT molecular complexity index is 225. The van der Waals surface area contributed by atoms with Crippen molar-refractivity contribution in [2.45, 2.75) is 45.6 Å². The lowest BCUT2D eigenvalue weighted by molar-refractivity contribution is -0.160. The minimum Gasteiger partial charge on any atom is -0.460 e. The maximum Gasteiger partial charge on any atom is 0.309 e. The number of rotatable bonds is 1. The van der Waals surface area contributed by atoms with Gasteiger partial charge < -0.3 is 4.74 Å². The molecule has 0 spiro atoms. The Morgan fingerprint density at radius 2 is 2.08 bits per heavy atom. The van der Waals surface area contributed by atoms with Crippen molar-refractivity contribution in [3.63, 3.8) is 0 Å². The van der Waals surface area contributed by atoms with Crippen LogP contribution >= 0.6 is 0 Å². The Morgan fingerprint density at radius 3 is 2.46 bits per heavy atom. The second kappa shape index (κ2) is 3.48. The maximum atomic E-state index is 11.4. The number of hydrogen-bond donors (Lipinski definition) is 0. The van der Waals surface area contributed by atoms with E-state index in [0.29, 0.717) is 19.3 Å². The highest BCUT2D eigenvalue weighted by Crippen LogP contribution is 2.24. The minimum atomic E-state index is -0.442. The fraction of sp³-hybridized carbons (Fsp3) is 0.800. The highest BCUT2D eigenvalue weighted by Gasteiger charge is 2.31. The highest BCUT2D eigenvalue weighted by molar-refractivity contribution is 5.87. The lowest BCUT2D eigenvalue weighted by Crippen LogP contribution is -2.27. The van der Waals surface area contributed by atoms with Crippen molar-refractivity contribution >= 4 is 11.8 Å². The van der Waals surface area contributed by atoms with Gasteiger partial charge in [-0.15, -0.1) is 0 Å². The Labute approximate surface area is 78.5 Å². The average Bonchev–Trinajstić information content (AvgIpc) is 2.31. The Balaban J connectivity index is 2.45. The Morgan fingerprint density at radius 1 is 1.46 bits per heavy atom. The van der Waals surface area contributed by atoms with E-state index in [1.165, 1.54) is 0 Å². The molecule has 1 atom stereocenters. The molecule has 13 heavy (non-hydrogen) atoms. The third kappa shape index (κ3) is 3.17. The molecule has 0 radical (unpaired) electrons. The second-order valence-corrected chi connectivity index (χ2v) is 4.51. The van der Waals surface area contributed by atoms with E-state index in [2.05, 4.69) is 0 Å². The molecule has 0 aromatic rings. The minimum absolute atomic E-state index is 0.177. The van der Waals surface area contributed by atoms with E-state index >= 15 is 0 Å². The lowest BCUT2D eigenvalue weighted by atomic mass is 10.1. The number of esters is 1. The summed E-state index contributed by atoms with van der Waals surface area (Å²) >= 11 is 0. The molecule has 1 fully saturated rings. The first-order valence-electron chi connectivity index (χ1n) is 4.63. The van der Waals surface area contributed by atoms with E-state index in [1.807, 2.05) is 20.8 Å². The molecule has 0 bridgehead atoms. The molecule has 0 aromatic heterocycles. The molecule has 0 saturated heterocycles. The Kier molecular flexibility index (Phi) is 2.74. The molecule has 74 valence electrons. The van der Waals surface area contributed by atoms with Gasteiger partial charge in [-0.2, -0.15) is 0 Å². The number of ether oxygens (including phenoxy) is 1. The van der Waals surface area contributed by atoms with Crippen LogP contribution in [-0.2, 0) is 14.3 Å². The third-order valence-corrected chi connectivity index (χ3v) is 1.99. The van der Waals surface area contributed by atoms with Crippen LogP contribution in [0.1, 0.15) is 40.0 Å². The summed E-state index contributed by atoms with van der Waals surface area (Å²) in [6, 6.07) is 0. The maximum absolute atomic E-state index is 11.4. The van der Waals surface area contributed by atoms with Crippen molar-refractivity contribution in [3.8, 4) is 0 Å². The van der Waals surface area contributed by atoms with Gasteiger partial charge in [0.2, 0.25) is 0 Å². The van der Waals surface area contributed by atoms with Crippen molar-refractivity contribution in [2.24, 2.45) is 5.92 Å². The molecule has 0 aliphatic heterocycles. The summed E-state index contributed by atoms with van der Waals surface area (Å²) in [5.74, 6) is -0.235. The van der Waals surface area contributed by atoms with Crippen molar-refractivity contribution in [1.29, 1.82) is 0 Å². The van der Waals surface area contributed by atoms with Crippen molar-refractivity contribution in [2.75, 3.05) is 0 Å². The van der Waals surface area contributed by atoms with E-state index in [4.69, 9.17) is 4.74 Å². The average molecular weight is 184 g/mol. The highest BCUT2D eigenvalue weighted by atomic mass is 16.6. The molecule has 3 nitrogen and oxygen atoms in total. The van der Waals surface area contributed by atoms with E-state index in [0.717, 1.165) is 0 Å². The molecular formula is C10H16O3. The van der Waals surface area contributed by atoms with Crippen LogP contribution in [0.4, 0.5) is 0 Å². The van der Waals surface area contributed by atoms with E-state index in [-0.39, 0.29) is 17.7 Å². The first-order chi connectivity index (χ1) is 5.88. The second-order valence-electron chi connectivity index (χ2n) is 4.51. The molecule has 1 aliphatic rings. The van der Waals surface area contributed by atoms with Crippen molar-refractivity contribution < 1.29 is 14.3 Å². The SMILES string of the molecule is CC(C)(C)OC(=O)[C@@H]1CCC(=O)C1. The molecule has 1 rings (SSSR count). The zero-order valence-corrected chi connectivity index (χ0v) is 8.42. The monoisotopic (exact) mass is 184 g/mol. The molecule has 1 aliphatic carbocycles. The summed E-state index contributed by atoms with van der Waals surface area (Å²) in [5.41, 5.74) is -0.442. The first kappa shape index (κ1) is 10.2. The van der Waals surface area contributed by atoms with E-state index in [1.54, 1.807) is 0 Å². The quantitative estimate of drug-likeness (QED) is 0.582. The largest absolute Gasteiger partial charge is 0.460 e. The van der Waals surface area contributed by atoms with Gasteiger partial charge in [-0.3, -0.25) is 9.59 Å². The lowest BCUT2D eigenvalue weighted by Gasteiger charge is -2.21. The van der Waals surface area contributed by atoms with Crippen LogP contribution in [-0.4, -0.2) is 17.4 Å². The molecule has 3 heteroatoms. The molecule has 0 aromatic carbocycles. The fourth-order valence-electron chi connectivity index (χ4n) is 1.40. The Hall–Kier alpha value is -0.860. The first-order valence-corrected chi connectivity index (χ1v) is 4.63. The van der Waals surface area contributed by atoms with Gasteiger partial charge in [0, 0.05) is 12.8 Å². The third-order valence-electron chi connectivity index (χ3n) is 1.99. The zero-order chi connectivity index (χ0) is 10.1. The van der Waals surface area contributed by atoms with Gasteiger partial charge in [-0.05, 0) is 27.2 Å². The molecule has 0 unspecified atom stereocenters. The van der Waals surface area contributed by atoms with Crippen molar-refractivity contribution in [3.05, 3.63) is 0 Å². The van der Waals surface area contributed by atoms with Gasteiger partial charge in [0.15, 0.2) is 0 Å². The van der Waals surface area contributed by atoms with Crippen LogP contribution in [0.2, 0.25) is 0 Å². The summed E-state index contributed by atoms with van der Waals surface area (Å²) in [5, 5.41) is 0. The molecule has 0 heterocycles. The van der Waals surface area contributed by atoms with Crippen LogP contribution < -0.4 is 0 Å². The van der Waals surface area contributed by atoms with E-state index in [9.17, 15) is 9.59 Å². The van der Waals surface area contributed by atoms with Crippen LogP contribution in [0, 0.1) is 5.92 Å². The molecule has 0 N–H and O–H groups in total. The summed E-state index contributed by atoms with van der Waals surface area (Å²) in [6.45, 7) is 5.50. The molecule has 0 amide bonds. The number of carbonyl (C=O) groups is 2. The smallest absolute Gasteiger partial charge is 0.309 e.